The Bertz CT molecular complexity index is 440. The van der Waals surface area contributed by atoms with Crippen LogP contribution < -0.4 is 5.73 Å². The molecular weight excluding hydrogens is 238 g/mol. The van der Waals surface area contributed by atoms with Crippen LogP contribution in [0.3, 0.4) is 0 Å². The lowest BCUT2D eigenvalue weighted by molar-refractivity contribution is -0.0385. The highest BCUT2D eigenvalue weighted by Gasteiger charge is 2.48. The Morgan fingerprint density at radius 1 is 1.16 bits per heavy atom. The van der Waals surface area contributed by atoms with Crippen molar-refractivity contribution >= 4 is 0 Å². The number of hydrogen-bond donors (Lipinski definition) is 1. The molecule has 4 bridgehead atoms. The van der Waals surface area contributed by atoms with Crippen LogP contribution in [0.2, 0.25) is 0 Å². The Balaban J connectivity index is 1.50. The molecule has 5 rings (SSSR count). The molecule has 1 aromatic rings. The number of rotatable bonds is 3. The van der Waals surface area contributed by atoms with E-state index in [1.165, 1.54) is 32.1 Å². The van der Waals surface area contributed by atoms with E-state index in [4.69, 9.17) is 10.3 Å². The van der Waals surface area contributed by atoms with Crippen molar-refractivity contribution in [3.05, 3.63) is 11.7 Å². The molecule has 1 aromatic heterocycles. The molecule has 0 amide bonds. The second-order valence-corrected chi connectivity index (χ2v) is 7.13. The maximum Gasteiger partial charge on any atom is 0.227 e. The van der Waals surface area contributed by atoms with Gasteiger partial charge in [0.05, 0.1) is 6.04 Å². The minimum Gasteiger partial charge on any atom is -0.339 e. The van der Waals surface area contributed by atoms with Crippen molar-refractivity contribution in [2.75, 3.05) is 0 Å². The third kappa shape index (κ3) is 2.00. The summed E-state index contributed by atoms with van der Waals surface area (Å²) in [6, 6.07) is -0.129. The standard InChI is InChI=1S/C15H23N3O/c1-8(16)15-17-14(19-18-15)7-13-11-3-9-2-10(5-11)6-12(13)4-9/h8-13H,2-7,16H2,1H3. The summed E-state index contributed by atoms with van der Waals surface area (Å²) in [4.78, 5) is 4.46. The number of aromatic nitrogens is 2. The van der Waals surface area contributed by atoms with E-state index in [0.29, 0.717) is 5.82 Å². The molecule has 0 saturated heterocycles. The molecule has 0 spiro atoms. The molecular formula is C15H23N3O. The quantitative estimate of drug-likeness (QED) is 0.908. The van der Waals surface area contributed by atoms with Crippen LogP contribution in [0.4, 0.5) is 0 Å². The maximum atomic E-state index is 5.79. The van der Waals surface area contributed by atoms with E-state index in [-0.39, 0.29) is 6.04 Å². The molecule has 19 heavy (non-hydrogen) atoms. The molecule has 1 unspecified atom stereocenters. The SMILES string of the molecule is CC(N)c1noc(CC2C3CC4CC(C3)CC2C4)n1. The number of nitrogens with two attached hydrogens (primary N) is 1. The molecule has 4 aliphatic carbocycles. The lowest BCUT2D eigenvalue weighted by Gasteiger charge is -2.54. The highest BCUT2D eigenvalue weighted by molar-refractivity contribution is 5.01. The van der Waals surface area contributed by atoms with Gasteiger partial charge in [0.2, 0.25) is 5.89 Å². The zero-order chi connectivity index (χ0) is 13.0. The van der Waals surface area contributed by atoms with Crippen molar-refractivity contribution in [3.63, 3.8) is 0 Å². The van der Waals surface area contributed by atoms with Gasteiger partial charge in [0.25, 0.3) is 0 Å². The minimum atomic E-state index is -0.129. The Morgan fingerprint density at radius 2 is 1.79 bits per heavy atom. The zero-order valence-corrected chi connectivity index (χ0v) is 11.6. The molecule has 4 saturated carbocycles. The lowest BCUT2D eigenvalue weighted by atomic mass is 9.51. The highest BCUT2D eigenvalue weighted by Crippen LogP contribution is 2.57. The van der Waals surface area contributed by atoms with Crippen LogP contribution in [-0.2, 0) is 6.42 Å². The summed E-state index contributed by atoms with van der Waals surface area (Å²) in [5, 5.41) is 3.99. The monoisotopic (exact) mass is 261 g/mol. The van der Waals surface area contributed by atoms with Gasteiger partial charge < -0.3 is 10.3 Å². The summed E-state index contributed by atoms with van der Waals surface area (Å²) in [5.41, 5.74) is 5.79. The normalized spacial score (nSPS) is 41.7. The van der Waals surface area contributed by atoms with Crippen LogP contribution in [0.1, 0.15) is 56.8 Å². The van der Waals surface area contributed by atoms with E-state index >= 15 is 0 Å². The van der Waals surface area contributed by atoms with E-state index in [1.807, 2.05) is 6.92 Å². The van der Waals surface area contributed by atoms with Gasteiger partial charge in [-0.25, -0.2) is 0 Å². The first-order valence-corrected chi connectivity index (χ1v) is 7.77. The van der Waals surface area contributed by atoms with Crippen molar-refractivity contribution in [1.82, 2.24) is 10.1 Å². The van der Waals surface area contributed by atoms with E-state index in [9.17, 15) is 0 Å². The van der Waals surface area contributed by atoms with E-state index < -0.39 is 0 Å². The third-order valence-corrected chi connectivity index (χ3v) is 5.72. The molecule has 104 valence electrons. The van der Waals surface area contributed by atoms with Gasteiger partial charge in [-0.15, -0.1) is 0 Å². The summed E-state index contributed by atoms with van der Waals surface area (Å²) in [6.45, 7) is 1.90. The summed E-state index contributed by atoms with van der Waals surface area (Å²) >= 11 is 0. The van der Waals surface area contributed by atoms with E-state index in [2.05, 4.69) is 10.1 Å². The van der Waals surface area contributed by atoms with Crippen LogP contribution in [0.5, 0.6) is 0 Å². The first-order valence-electron chi connectivity index (χ1n) is 7.77. The van der Waals surface area contributed by atoms with Gasteiger partial charge in [0.15, 0.2) is 5.82 Å². The van der Waals surface area contributed by atoms with Gasteiger partial charge in [-0.1, -0.05) is 5.16 Å². The average molecular weight is 261 g/mol. The Morgan fingerprint density at radius 3 is 2.32 bits per heavy atom. The molecule has 1 atom stereocenters. The van der Waals surface area contributed by atoms with Gasteiger partial charge in [-0.3, -0.25) is 0 Å². The average Bonchev–Trinajstić information content (AvgIpc) is 2.81. The van der Waals surface area contributed by atoms with Crippen molar-refractivity contribution < 1.29 is 4.52 Å². The largest absolute Gasteiger partial charge is 0.339 e. The van der Waals surface area contributed by atoms with Crippen LogP contribution in [0, 0.1) is 29.6 Å². The highest BCUT2D eigenvalue weighted by atomic mass is 16.5. The number of nitrogens with zero attached hydrogens (tertiary/aromatic N) is 2. The van der Waals surface area contributed by atoms with Crippen molar-refractivity contribution in [3.8, 4) is 0 Å². The fourth-order valence-corrected chi connectivity index (χ4v) is 5.11. The molecule has 0 radical (unpaired) electrons. The van der Waals surface area contributed by atoms with E-state index in [0.717, 1.165) is 41.9 Å². The van der Waals surface area contributed by atoms with Crippen LogP contribution in [0.25, 0.3) is 0 Å². The minimum absolute atomic E-state index is 0.129. The van der Waals surface area contributed by atoms with Crippen LogP contribution in [0.15, 0.2) is 4.52 Å². The van der Waals surface area contributed by atoms with Crippen molar-refractivity contribution in [2.24, 2.45) is 35.3 Å². The molecule has 1 heterocycles. The Kier molecular flexibility index (Phi) is 2.69. The van der Waals surface area contributed by atoms with Gasteiger partial charge in [-0.2, -0.15) is 4.98 Å². The smallest absolute Gasteiger partial charge is 0.227 e. The summed E-state index contributed by atoms with van der Waals surface area (Å²) in [5.74, 6) is 6.14. The summed E-state index contributed by atoms with van der Waals surface area (Å²) in [7, 11) is 0. The maximum absolute atomic E-state index is 5.79. The molecule has 4 nitrogen and oxygen atoms in total. The second-order valence-electron chi connectivity index (χ2n) is 7.13. The van der Waals surface area contributed by atoms with Gasteiger partial charge >= 0.3 is 0 Å². The fraction of sp³-hybridized carbons (Fsp3) is 0.867. The zero-order valence-electron chi connectivity index (χ0n) is 11.6. The van der Waals surface area contributed by atoms with Crippen molar-refractivity contribution in [2.45, 2.75) is 51.5 Å². The Hall–Kier alpha value is -0.900. The molecule has 2 N–H and O–H groups in total. The summed E-state index contributed by atoms with van der Waals surface area (Å²) in [6.07, 6.45) is 8.29. The molecule has 4 aliphatic rings. The van der Waals surface area contributed by atoms with Gasteiger partial charge in [-0.05, 0) is 68.6 Å². The molecule has 4 heteroatoms. The first kappa shape index (κ1) is 11.9. The first-order chi connectivity index (χ1) is 9.19. The predicted octanol–water partition coefficient (Wildman–Crippen LogP) is 2.70. The van der Waals surface area contributed by atoms with E-state index in [1.54, 1.807) is 0 Å². The summed E-state index contributed by atoms with van der Waals surface area (Å²) < 4.78 is 5.39. The van der Waals surface area contributed by atoms with Gasteiger partial charge in [0.1, 0.15) is 0 Å². The lowest BCUT2D eigenvalue weighted by Crippen LogP contribution is -2.45. The van der Waals surface area contributed by atoms with Gasteiger partial charge in [0, 0.05) is 6.42 Å². The predicted molar refractivity (Wildman–Crippen MR) is 71.1 cm³/mol. The van der Waals surface area contributed by atoms with Crippen molar-refractivity contribution in [1.29, 1.82) is 0 Å². The van der Waals surface area contributed by atoms with Crippen LogP contribution >= 0.6 is 0 Å². The number of hydrogen-bond acceptors (Lipinski definition) is 4. The molecule has 4 fully saturated rings. The molecule has 0 aliphatic heterocycles. The topological polar surface area (TPSA) is 64.9 Å². The van der Waals surface area contributed by atoms with Crippen LogP contribution in [-0.4, -0.2) is 10.1 Å². The molecule has 0 aromatic carbocycles. The second kappa shape index (κ2) is 4.30. The Labute approximate surface area is 114 Å². The third-order valence-electron chi connectivity index (χ3n) is 5.72. The fourth-order valence-electron chi connectivity index (χ4n) is 5.11.